The predicted molar refractivity (Wildman–Crippen MR) is 67.1 cm³/mol. The third-order valence-electron chi connectivity index (χ3n) is 2.83. The average molecular weight is 211 g/mol. The molecule has 80 valence electrons. The SMILES string of the molecule is Nc1ccccc1N1Cc2ccccc2N1. The predicted octanol–water partition coefficient (Wildman–Crippen LogP) is 2.62. The van der Waals surface area contributed by atoms with Gasteiger partial charge in [0.15, 0.2) is 0 Å². The Hall–Kier alpha value is -2.16. The van der Waals surface area contributed by atoms with Crippen LogP contribution in [-0.2, 0) is 6.54 Å². The molecule has 0 atom stereocenters. The molecule has 0 bridgehead atoms. The Balaban J connectivity index is 1.95. The first kappa shape index (κ1) is 9.09. The van der Waals surface area contributed by atoms with Crippen LogP contribution in [0.15, 0.2) is 48.5 Å². The van der Waals surface area contributed by atoms with Gasteiger partial charge in [-0.3, -0.25) is 10.4 Å². The highest BCUT2D eigenvalue weighted by molar-refractivity contribution is 5.73. The Morgan fingerprint density at radius 1 is 1.00 bits per heavy atom. The van der Waals surface area contributed by atoms with Gasteiger partial charge >= 0.3 is 0 Å². The molecule has 0 aromatic heterocycles. The summed E-state index contributed by atoms with van der Waals surface area (Å²) >= 11 is 0. The summed E-state index contributed by atoms with van der Waals surface area (Å²) in [5, 5.41) is 2.07. The van der Waals surface area contributed by atoms with Crippen LogP contribution < -0.4 is 16.2 Å². The van der Waals surface area contributed by atoms with Crippen molar-refractivity contribution < 1.29 is 0 Å². The zero-order chi connectivity index (χ0) is 11.0. The molecule has 0 aliphatic carbocycles. The lowest BCUT2D eigenvalue weighted by Gasteiger charge is -2.20. The van der Waals surface area contributed by atoms with Crippen molar-refractivity contribution in [1.82, 2.24) is 0 Å². The van der Waals surface area contributed by atoms with Crippen LogP contribution in [0.3, 0.4) is 0 Å². The molecular weight excluding hydrogens is 198 g/mol. The average Bonchev–Trinajstić information content (AvgIpc) is 2.73. The molecule has 16 heavy (non-hydrogen) atoms. The van der Waals surface area contributed by atoms with Gasteiger partial charge in [-0.25, -0.2) is 0 Å². The van der Waals surface area contributed by atoms with Crippen LogP contribution in [0.5, 0.6) is 0 Å². The Bertz CT molecular complexity index is 497. The van der Waals surface area contributed by atoms with Crippen molar-refractivity contribution in [1.29, 1.82) is 0 Å². The van der Waals surface area contributed by atoms with E-state index in [2.05, 4.69) is 28.6 Å². The van der Waals surface area contributed by atoms with Gasteiger partial charge in [0.05, 0.1) is 23.6 Å². The number of rotatable bonds is 1. The van der Waals surface area contributed by atoms with Gasteiger partial charge in [0.1, 0.15) is 0 Å². The molecule has 3 N–H and O–H groups in total. The molecule has 3 rings (SSSR count). The largest absolute Gasteiger partial charge is 0.397 e. The fourth-order valence-corrected chi connectivity index (χ4v) is 2.00. The number of para-hydroxylation sites is 3. The normalized spacial score (nSPS) is 13.4. The Kier molecular flexibility index (Phi) is 1.96. The molecule has 2 aromatic rings. The quantitative estimate of drug-likeness (QED) is 0.712. The molecule has 3 heteroatoms. The summed E-state index contributed by atoms with van der Waals surface area (Å²) in [6.07, 6.45) is 0. The molecule has 0 amide bonds. The number of fused-ring (bicyclic) bond motifs is 1. The lowest BCUT2D eigenvalue weighted by atomic mass is 10.2. The summed E-state index contributed by atoms with van der Waals surface area (Å²) in [6, 6.07) is 16.2. The minimum atomic E-state index is 0.794. The first-order valence-corrected chi connectivity index (χ1v) is 5.31. The molecule has 0 fully saturated rings. The van der Waals surface area contributed by atoms with Crippen LogP contribution in [0.25, 0.3) is 0 Å². The molecule has 1 heterocycles. The van der Waals surface area contributed by atoms with Crippen LogP contribution in [-0.4, -0.2) is 0 Å². The van der Waals surface area contributed by atoms with Crippen molar-refractivity contribution in [2.24, 2.45) is 0 Å². The Morgan fingerprint density at radius 3 is 2.56 bits per heavy atom. The molecule has 0 radical (unpaired) electrons. The third-order valence-corrected chi connectivity index (χ3v) is 2.83. The van der Waals surface area contributed by atoms with Crippen molar-refractivity contribution in [2.45, 2.75) is 6.54 Å². The summed E-state index contributed by atoms with van der Waals surface area (Å²) in [6.45, 7) is 0.852. The highest BCUT2D eigenvalue weighted by atomic mass is 15.5. The van der Waals surface area contributed by atoms with Gasteiger partial charge in [0, 0.05) is 0 Å². The van der Waals surface area contributed by atoms with Gasteiger partial charge in [-0.2, -0.15) is 0 Å². The van der Waals surface area contributed by atoms with E-state index in [4.69, 9.17) is 5.73 Å². The number of hydrazine groups is 1. The topological polar surface area (TPSA) is 41.3 Å². The van der Waals surface area contributed by atoms with Crippen LogP contribution in [0.2, 0.25) is 0 Å². The van der Waals surface area contributed by atoms with Crippen LogP contribution in [0, 0.1) is 0 Å². The number of hydrogen-bond acceptors (Lipinski definition) is 3. The standard InChI is InChI=1S/C13H13N3/c14-11-6-2-4-8-13(11)16-9-10-5-1-3-7-12(10)15-16/h1-8,15H,9,14H2. The van der Waals surface area contributed by atoms with E-state index in [9.17, 15) is 0 Å². The Morgan fingerprint density at radius 2 is 1.75 bits per heavy atom. The fourth-order valence-electron chi connectivity index (χ4n) is 2.00. The first-order chi connectivity index (χ1) is 7.84. The monoisotopic (exact) mass is 211 g/mol. The van der Waals surface area contributed by atoms with Gasteiger partial charge in [-0.1, -0.05) is 30.3 Å². The van der Waals surface area contributed by atoms with Gasteiger partial charge in [-0.15, -0.1) is 0 Å². The lowest BCUT2D eigenvalue weighted by Crippen LogP contribution is -2.23. The van der Waals surface area contributed by atoms with Crippen molar-refractivity contribution in [3.05, 3.63) is 54.1 Å². The summed E-state index contributed by atoms with van der Waals surface area (Å²) in [5.74, 6) is 0. The number of nitrogens with two attached hydrogens (primary N) is 1. The van der Waals surface area contributed by atoms with Crippen molar-refractivity contribution >= 4 is 17.1 Å². The van der Waals surface area contributed by atoms with Crippen LogP contribution >= 0.6 is 0 Å². The minimum absolute atomic E-state index is 0.794. The first-order valence-electron chi connectivity index (χ1n) is 5.31. The van der Waals surface area contributed by atoms with E-state index in [1.807, 2.05) is 30.3 Å². The van der Waals surface area contributed by atoms with Gasteiger partial charge < -0.3 is 5.73 Å². The highest BCUT2D eigenvalue weighted by Gasteiger charge is 2.18. The summed E-state index contributed by atoms with van der Waals surface area (Å²) < 4.78 is 0. The second-order valence-electron chi connectivity index (χ2n) is 3.91. The molecule has 3 nitrogen and oxygen atoms in total. The van der Waals surface area contributed by atoms with Crippen LogP contribution in [0.1, 0.15) is 5.56 Å². The second-order valence-corrected chi connectivity index (χ2v) is 3.91. The number of nitrogen functional groups attached to an aromatic ring is 1. The molecule has 1 aliphatic rings. The number of nitrogens with zero attached hydrogens (tertiary/aromatic N) is 1. The van der Waals surface area contributed by atoms with E-state index >= 15 is 0 Å². The van der Waals surface area contributed by atoms with Gasteiger partial charge in [-0.05, 0) is 23.8 Å². The molecule has 1 aliphatic heterocycles. The molecule has 0 saturated carbocycles. The highest BCUT2D eigenvalue weighted by Crippen LogP contribution is 2.31. The van der Waals surface area contributed by atoms with E-state index in [0.29, 0.717) is 0 Å². The maximum absolute atomic E-state index is 5.95. The summed E-state index contributed by atoms with van der Waals surface area (Å²) in [7, 11) is 0. The van der Waals surface area contributed by atoms with E-state index in [1.54, 1.807) is 0 Å². The number of benzene rings is 2. The van der Waals surface area contributed by atoms with E-state index < -0.39 is 0 Å². The van der Waals surface area contributed by atoms with Crippen LogP contribution in [0.4, 0.5) is 17.1 Å². The Labute approximate surface area is 94.5 Å². The molecular formula is C13H13N3. The second kappa shape index (κ2) is 3.45. The third kappa shape index (κ3) is 1.37. The number of hydrogen-bond donors (Lipinski definition) is 2. The number of anilines is 3. The fraction of sp³-hybridized carbons (Fsp3) is 0.0769. The minimum Gasteiger partial charge on any atom is -0.397 e. The van der Waals surface area contributed by atoms with Crippen molar-refractivity contribution in [3.8, 4) is 0 Å². The molecule has 2 aromatic carbocycles. The van der Waals surface area contributed by atoms with Gasteiger partial charge in [0.2, 0.25) is 0 Å². The zero-order valence-electron chi connectivity index (χ0n) is 8.85. The zero-order valence-corrected chi connectivity index (χ0v) is 8.85. The smallest absolute Gasteiger partial charge is 0.0805 e. The van der Waals surface area contributed by atoms with E-state index in [0.717, 1.165) is 23.6 Å². The summed E-state index contributed by atoms with van der Waals surface area (Å²) in [5.41, 5.74) is 13.6. The lowest BCUT2D eigenvalue weighted by molar-refractivity contribution is 0.972. The molecule has 0 spiro atoms. The molecule has 0 unspecified atom stereocenters. The van der Waals surface area contributed by atoms with Gasteiger partial charge in [0.25, 0.3) is 0 Å². The summed E-state index contributed by atoms with van der Waals surface area (Å²) in [4.78, 5) is 0. The maximum Gasteiger partial charge on any atom is 0.0805 e. The van der Waals surface area contributed by atoms with Crippen molar-refractivity contribution in [2.75, 3.05) is 16.2 Å². The maximum atomic E-state index is 5.95. The van der Waals surface area contributed by atoms with Crippen molar-refractivity contribution in [3.63, 3.8) is 0 Å². The number of nitrogens with one attached hydrogen (secondary N) is 1. The van der Waals surface area contributed by atoms with E-state index in [1.165, 1.54) is 5.56 Å². The van der Waals surface area contributed by atoms with E-state index in [-0.39, 0.29) is 0 Å². The molecule has 0 saturated heterocycles.